The van der Waals surface area contributed by atoms with Crippen molar-refractivity contribution in [2.24, 2.45) is 10.9 Å². The Labute approximate surface area is 114 Å². The lowest BCUT2D eigenvalue weighted by Crippen LogP contribution is -2.32. The van der Waals surface area contributed by atoms with Gasteiger partial charge in [-0.15, -0.1) is 0 Å². The smallest absolute Gasteiger partial charge is 0.188 e. The van der Waals surface area contributed by atoms with Crippen LogP contribution in [0.2, 0.25) is 0 Å². The highest BCUT2D eigenvalue weighted by Gasteiger charge is 2.17. The second-order valence-electron chi connectivity index (χ2n) is 5.20. The predicted molar refractivity (Wildman–Crippen MR) is 75.1 cm³/mol. The van der Waals surface area contributed by atoms with E-state index in [0.29, 0.717) is 11.7 Å². The molecule has 0 amide bonds. The predicted octanol–water partition coefficient (Wildman–Crippen LogP) is 1.94. The van der Waals surface area contributed by atoms with Crippen molar-refractivity contribution < 1.29 is 5.21 Å². The molecule has 1 fully saturated rings. The van der Waals surface area contributed by atoms with Crippen LogP contribution in [0.5, 0.6) is 0 Å². The zero-order chi connectivity index (χ0) is 13.7. The second-order valence-corrected chi connectivity index (χ2v) is 5.20. The summed E-state index contributed by atoms with van der Waals surface area (Å²) in [4.78, 5) is 6.60. The fraction of sp³-hybridized carbons (Fsp3) is 0.571. The van der Waals surface area contributed by atoms with Gasteiger partial charge >= 0.3 is 0 Å². The van der Waals surface area contributed by atoms with E-state index in [9.17, 15) is 0 Å². The topological polar surface area (TPSA) is 74.7 Å². The van der Waals surface area contributed by atoms with Crippen molar-refractivity contribution in [1.82, 2.24) is 9.88 Å². The van der Waals surface area contributed by atoms with Gasteiger partial charge in [0.25, 0.3) is 0 Å². The highest BCUT2D eigenvalue weighted by molar-refractivity contribution is 5.95. The van der Waals surface area contributed by atoms with Crippen molar-refractivity contribution in [3.63, 3.8) is 0 Å². The maximum Gasteiger partial charge on any atom is 0.188 e. The van der Waals surface area contributed by atoms with Crippen LogP contribution in [-0.2, 0) is 6.54 Å². The van der Waals surface area contributed by atoms with Gasteiger partial charge in [-0.3, -0.25) is 9.88 Å². The monoisotopic (exact) mass is 262 g/mol. The molecular formula is C14H22N4O. The molecule has 3 N–H and O–H groups in total. The SMILES string of the molecule is CC1CCCCCN1Cc1ccnc(C(N)=NO)c1. The van der Waals surface area contributed by atoms with Crippen LogP contribution in [0.15, 0.2) is 23.5 Å². The fourth-order valence-electron chi connectivity index (χ4n) is 2.57. The minimum absolute atomic E-state index is 0.0609. The molecule has 5 heteroatoms. The molecule has 1 saturated heterocycles. The molecule has 0 aliphatic carbocycles. The van der Waals surface area contributed by atoms with Crippen LogP contribution in [-0.4, -0.2) is 33.5 Å². The Morgan fingerprint density at radius 2 is 2.37 bits per heavy atom. The van der Waals surface area contributed by atoms with E-state index in [1.165, 1.54) is 25.7 Å². The zero-order valence-electron chi connectivity index (χ0n) is 11.4. The lowest BCUT2D eigenvalue weighted by Gasteiger charge is -2.26. The third-order valence-electron chi connectivity index (χ3n) is 3.77. The van der Waals surface area contributed by atoms with E-state index in [0.717, 1.165) is 18.7 Å². The summed E-state index contributed by atoms with van der Waals surface area (Å²) < 4.78 is 0. The number of nitrogens with zero attached hydrogens (tertiary/aromatic N) is 3. The molecule has 0 saturated carbocycles. The molecule has 0 bridgehead atoms. The van der Waals surface area contributed by atoms with E-state index in [-0.39, 0.29) is 5.84 Å². The third-order valence-corrected chi connectivity index (χ3v) is 3.77. The molecule has 0 radical (unpaired) electrons. The average molecular weight is 262 g/mol. The minimum Gasteiger partial charge on any atom is -0.409 e. The van der Waals surface area contributed by atoms with E-state index < -0.39 is 0 Å². The molecule has 1 unspecified atom stereocenters. The van der Waals surface area contributed by atoms with Crippen LogP contribution in [0.3, 0.4) is 0 Å². The van der Waals surface area contributed by atoms with Crippen molar-refractivity contribution in [3.05, 3.63) is 29.6 Å². The number of pyridine rings is 1. The number of amidine groups is 1. The molecule has 2 heterocycles. The molecule has 0 spiro atoms. The molecule has 5 nitrogen and oxygen atoms in total. The average Bonchev–Trinajstić information content (AvgIpc) is 2.64. The Morgan fingerprint density at radius 1 is 1.53 bits per heavy atom. The van der Waals surface area contributed by atoms with Gasteiger partial charge in [-0.1, -0.05) is 18.0 Å². The maximum atomic E-state index is 8.69. The molecule has 1 aliphatic heterocycles. The molecule has 1 aromatic heterocycles. The Kier molecular flexibility index (Phi) is 4.74. The standard InChI is InChI=1S/C14H22N4O/c1-11-5-3-2-4-8-18(11)10-12-6-7-16-13(9-12)14(15)17-19/h6-7,9,11,19H,2-5,8,10H2,1H3,(H2,15,17). The molecule has 0 aromatic carbocycles. The first-order valence-electron chi connectivity index (χ1n) is 6.87. The number of rotatable bonds is 3. The van der Waals surface area contributed by atoms with E-state index >= 15 is 0 Å². The van der Waals surface area contributed by atoms with E-state index in [1.54, 1.807) is 6.20 Å². The van der Waals surface area contributed by atoms with Gasteiger partial charge in [0.05, 0.1) is 0 Å². The van der Waals surface area contributed by atoms with Gasteiger partial charge in [0, 0.05) is 18.8 Å². The van der Waals surface area contributed by atoms with Gasteiger partial charge in [0.2, 0.25) is 0 Å². The van der Waals surface area contributed by atoms with Crippen LogP contribution < -0.4 is 5.73 Å². The number of aromatic nitrogens is 1. The van der Waals surface area contributed by atoms with Crippen molar-refractivity contribution in [1.29, 1.82) is 0 Å². The normalized spacial score (nSPS) is 22.2. The first kappa shape index (κ1) is 13.8. The third kappa shape index (κ3) is 3.67. The van der Waals surface area contributed by atoms with Crippen LogP contribution in [0.1, 0.15) is 43.9 Å². The Bertz CT molecular complexity index is 447. The summed E-state index contributed by atoms with van der Waals surface area (Å²) >= 11 is 0. The lowest BCUT2D eigenvalue weighted by atomic mass is 10.1. The van der Waals surface area contributed by atoms with Gasteiger partial charge in [0.15, 0.2) is 5.84 Å². The number of hydrogen-bond donors (Lipinski definition) is 2. The van der Waals surface area contributed by atoms with Crippen LogP contribution >= 0.6 is 0 Å². The van der Waals surface area contributed by atoms with Gasteiger partial charge in [-0.05, 0) is 44.0 Å². The number of hydrogen-bond acceptors (Lipinski definition) is 4. The van der Waals surface area contributed by atoms with Gasteiger partial charge in [-0.2, -0.15) is 0 Å². The lowest BCUT2D eigenvalue weighted by molar-refractivity contribution is 0.205. The molecule has 1 aliphatic rings. The highest BCUT2D eigenvalue weighted by atomic mass is 16.4. The molecule has 1 atom stereocenters. The maximum absolute atomic E-state index is 8.69. The van der Waals surface area contributed by atoms with Crippen molar-refractivity contribution in [3.8, 4) is 0 Å². The number of oxime groups is 1. The molecule has 2 rings (SSSR count). The summed E-state index contributed by atoms with van der Waals surface area (Å²) in [6.07, 6.45) is 6.89. The summed E-state index contributed by atoms with van der Waals surface area (Å²) in [5.41, 5.74) is 7.26. The van der Waals surface area contributed by atoms with Crippen molar-refractivity contribution >= 4 is 5.84 Å². The largest absolute Gasteiger partial charge is 0.409 e. The Hall–Kier alpha value is -1.62. The quantitative estimate of drug-likeness (QED) is 0.378. The van der Waals surface area contributed by atoms with E-state index in [1.807, 2.05) is 12.1 Å². The summed E-state index contributed by atoms with van der Waals surface area (Å²) in [6.45, 7) is 4.33. The summed E-state index contributed by atoms with van der Waals surface area (Å²) in [6, 6.07) is 4.50. The first-order valence-corrected chi connectivity index (χ1v) is 6.87. The second kappa shape index (κ2) is 6.52. The van der Waals surface area contributed by atoms with Crippen LogP contribution in [0.4, 0.5) is 0 Å². The molecule has 19 heavy (non-hydrogen) atoms. The van der Waals surface area contributed by atoms with Crippen LogP contribution in [0, 0.1) is 0 Å². The summed E-state index contributed by atoms with van der Waals surface area (Å²) in [5.74, 6) is 0.0609. The number of nitrogens with two attached hydrogens (primary N) is 1. The number of likely N-dealkylation sites (tertiary alicyclic amines) is 1. The van der Waals surface area contributed by atoms with Gasteiger partial charge < -0.3 is 10.9 Å². The highest BCUT2D eigenvalue weighted by Crippen LogP contribution is 2.18. The molecule has 104 valence electrons. The van der Waals surface area contributed by atoms with Crippen molar-refractivity contribution in [2.75, 3.05) is 6.54 Å². The minimum atomic E-state index is 0.0609. The zero-order valence-corrected chi connectivity index (χ0v) is 11.4. The Balaban J connectivity index is 2.09. The Morgan fingerprint density at radius 3 is 3.16 bits per heavy atom. The van der Waals surface area contributed by atoms with Crippen LogP contribution in [0.25, 0.3) is 0 Å². The summed E-state index contributed by atoms with van der Waals surface area (Å²) in [7, 11) is 0. The fourth-order valence-corrected chi connectivity index (χ4v) is 2.57. The molecular weight excluding hydrogens is 240 g/mol. The van der Waals surface area contributed by atoms with E-state index in [4.69, 9.17) is 10.9 Å². The summed E-state index contributed by atoms with van der Waals surface area (Å²) in [5, 5.41) is 11.7. The molecule has 1 aromatic rings. The van der Waals surface area contributed by atoms with Crippen molar-refractivity contribution in [2.45, 2.75) is 45.2 Å². The van der Waals surface area contributed by atoms with E-state index in [2.05, 4.69) is 22.0 Å². The van der Waals surface area contributed by atoms with Gasteiger partial charge in [0.1, 0.15) is 5.69 Å². The first-order chi connectivity index (χ1) is 9.20. The van der Waals surface area contributed by atoms with Gasteiger partial charge in [-0.25, -0.2) is 0 Å².